The Hall–Kier alpha value is -2.01. The van der Waals surface area contributed by atoms with Crippen molar-refractivity contribution < 1.29 is 9.53 Å². The van der Waals surface area contributed by atoms with E-state index >= 15 is 0 Å². The molecule has 1 heterocycles. The molecular formula is C12H12N2O2S. The molecule has 4 nitrogen and oxygen atoms in total. The van der Waals surface area contributed by atoms with Gasteiger partial charge in [0, 0.05) is 11.4 Å². The van der Waals surface area contributed by atoms with Gasteiger partial charge in [-0.05, 0) is 12.1 Å². The van der Waals surface area contributed by atoms with E-state index < -0.39 is 0 Å². The smallest absolute Gasteiger partial charge is 0.265 e. The zero-order chi connectivity index (χ0) is 12.3. The van der Waals surface area contributed by atoms with Crippen molar-refractivity contribution in [3.63, 3.8) is 0 Å². The first kappa shape index (κ1) is 11.5. The number of para-hydroxylation sites is 2. The van der Waals surface area contributed by atoms with Gasteiger partial charge in [0.2, 0.25) is 0 Å². The van der Waals surface area contributed by atoms with Crippen LogP contribution < -0.4 is 15.8 Å². The van der Waals surface area contributed by atoms with E-state index in [1.807, 2.05) is 12.1 Å². The summed E-state index contributed by atoms with van der Waals surface area (Å²) >= 11 is 1.33. The highest BCUT2D eigenvalue weighted by atomic mass is 32.1. The van der Waals surface area contributed by atoms with Gasteiger partial charge in [-0.15, -0.1) is 11.3 Å². The molecule has 0 fully saturated rings. The molecule has 2 aromatic rings. The van der Waals surface area contributed by atoms with Gasteiger partial charge in [-0.25, -0.2) is 0 Å². The fraction of sp³-hybridized carbons (Fsp3) is 0.0833. The van der Waals surface area contributed by atoms with Gasteiger partial charge in [0.05, 0.1) is 23.4 Å². The molecule has 0 bridgehead atoms. The molecule has 2 rings (SSSR count). The minimum Gasteiger partial charge on any atom is -0.496 e. The zero-order valence-electron chi connectivity index (χ0n) is 9.27. The Morgan fingerprint density at radius 1 is 1.41 bits per heavy atom. The highest BCUT2D eigenvalue weighted by Gasteiger charge is 2.10. The maximum absolute atomic E-state index is 11.9. The summed E-state index contributed by atoms with van der Waals surface area (Å²) < 4.78 is 5.02. The van der Waals surface area contributed by atoms with E-state index in [9.17, 15) is 4.79 Å². The van der Waals surface area contributed by atoms with E-state index in [4.69, 9.17) is 10.5 Å². The molecule has 17 heavy (non-hydrogen) atoms. The highest BCUT2D eigenvalue weighted by molar-refractivity contribution is 7.12. The largest absolute Gasteiger partial charge is 0.496 e. The van der Waals surface area contributed by atoms with Crippen molar-refractivity contribution in [3.8, 4) is 5.75 Å². The fourth-order valence-corrected chi connectivity index (χ4v) is 2.09. The Morgan fingerprint density at radius 3 is 2.82 bits per heavy atom. The van der Waals surface area contributed by atoms with Crippen LogP contribution in [0.4, 0.5) is 11.4 Å². The number of hydrogen-bond donors (Lipinski definition) is 2. The average molecular weight is 248 g/mol. The van der Waals surface area contributed by atoms with Gasteiger partial charge in [-0.1, -0.05) is 12.1 Å². The number of anilines is 2. The standard InChI is InChI=1S/C12H12N2O2S/c1-16-8-6-11(17-7-8)12(15)14-10-5-3-2-4-9(10)13/h2-7H,13H2,1H3,(H,14,15). The summed E-state index contributed by atoms with van der Waals surface area (Å²) in [5, 5.41) is 4.54. The Bertz CT molecular complexity index is 537. The number of rotatable bonds is 3. The number of carbonyl (C=O) groups excluding carboxylic acids is 1. The van der Waals surface area contributed by atoms with Crippen LogP contribution in [-0.2, 0) is 0 Å². The maximum Gasteiger partial charge on any atom is 0.265 e. The van der Waals surface area contributed by atoms with Crippen LogP contribution in [0.2, 0.25) is 0 Å². The fourth-order valence-electron chi connectivity index (χ4n) is 1.34. The molecular weight excluding hydrogens is 236 g/mol. The van der Waals surface area contributed by atoms with Crippen molar-refractivity contribution in [1.29, 1.82) is 0 Å². The van der Waals surface area contributed by atoms with E-state index in [2.05, 4.69) is 5.32 Å². The number of benzene rings is 1. The minimum atomic E-state index is -0.184. The third kappa shape index (κ3) is 2.57. The summed E-state index contributed by atoms with van der Waals surface area (Å²) in [7, 11) is 1.57. The Balaban J connectivity index is 2.14. The number of nitrogens with one attached hydrogen (secondary N) is 1. The molecule has 1 aromatic carbocycles. The second-order valence-electron chi connectivity index (χ2n) is 3.39. The van der Waals surface area contributed by atoms with Crippen molar-refractivity contribution in [3.05, 3.63) is 40.6 Å². The molecule has 0 aliphatic carbocycles. The lowest BCUT2D eigenvalue weighted by Gasteiger charge is -2.05. The van der Waals surface area contributed by atoms with Crippen LogP contribution in [-0.4, -0.2) is 13.0 Å². The van der Waals surface area contributed by atoms with E-state index in [0.717, 1.165) is 0 Å². The molecule has 0 aliphatic rings. The molecule has 0 saturated heterocycles. The monoisotopic (exact) mass is 248 g/mol. The predicted molar refractivity (Wildman–Crippen MR) is 69.7 cm³/mol. The second kappa shape index (κ2) is 4.88. The van der Waals surface area contributed by atoms with E-state index in [1.54, 1.807) is 30.7 Å². The van der Waals surface area contributed by atoms with Crippen LogP contribution in [0.15, 0.2) is 35.7 Å². The van der Waals surface area contributed by atoms with E-state index in [-0.39, 0.29) is 5.91 Å². The number of hydrogen-bond acceptors (Lipinski definition) is 4. The minimum absolute atomic E-state index is 0.184. The van der Waals surface area contributed by atoms with Crippen molar-refractivity contribution in [2.24, 2.45) is 0 Å². The second-order valence-corrected chi connectivity index (χ2v) is 4.30. The lowest BCUT2D eigenvalue weighted by Crippen LogP contribution is -2.11. The molecule has 0 radical (unpaired) electrons. The summed E-state index contributed by atoms with van der Waals surface area (Å²) in [4.78, 5) is 12.5. The number of nitrogen functional groups attached to an aromatic ring is 1. The Labute approximate surface area is 103 Å². The predicted octanol–water partition coefficient (Wildman–Crippen LogP) is 2.59. The molecule has 3 N–H and O–H groups in total. The number of carbonyl (C=O) groups is 1. The molecule has 1 aromatic heterocycles. The maximum atomic E-state index is 11.9. The third-order valence-corrected chi connectivity index (χ3v) is 3.15. The summed E-state index contributed by atoms with van der Waals surface area (Å²) in [5.74, 6) is 0.498. The third-order valence-electron chi connectivity index (χ3n) is 2.24. The average Bonchev–Trinajstić information content (AvgIpc) is 2.81. The van der Waals surface area contributed by atoms with Gasteiger partial charge in [0.15, 0.2) is 0 Å². The van der Waals surface area contributed by atoms with Gasteiger partial charge in [-0.3, -0.25) is 4.79 Å². The molecule has 0 spiro atoms. The van der Waals surface area contributed by atoms with E-state index in [0.29, 0.717) is 22.0 Å². The number of amides is 1. The van der Waals surface area contributed by atoms with Crippen LogP contribution >= 0.6 is 11.3 Å². The SMILES string of the molecule is COc1csc(C(=O)Nc2ccccc2N)c1. The summed E-state index contributed by atoms with van der Waals surface area (Å²) in [6, 6.07) is 8.84. The van der Waals surface area contributed by atoms with Gasteiger partial charge in [0.1, 0.15) is 5.75 Å². The summed E-state index contributed by atoms with van der Waals surface area (Å²) in [5.41, 5.74) is 6.90. The first-order valence-electron chi connectivity index (χ1n) is 4.99. The Morgan fingerprint density at radius 2 is 2.18 bits per heavy atom. The van der Waals surface area contributed by atoms with Crippen molar-refractivity contribution in [2.45, 2.75) is 0 Å². The van der Waals surface area contributed by atoms with Crippen LogP contribution in [0.3, 0.4) is 0 Å². The quantitative estimate of drug-likeness (QED) is 0.820. The van der Waals surface area contributed by atoms with Gasteiger partial charge < -0.3 is 15.8 Å². The summed E-state index contributed by atoms with van der Waals surface area (Å²) in [6.45, 7) is 0. The first-order valence-corrected chi connectivity index (χ1v) is 5.87. The normalized spacial score (nSPS) is 9.94. The van der Waals surface area contributed by atoms with Crippen molar-refractivity contribution >= 4 is 28.6 Å². The number of nitrogens with two attached hydrogens (primary N) is 1. The van der Waals surface area contributed by atoms with Crippen LogP contribution in [0.5, 0.6) is 5.75 Å². The molecule has 0 aliphatic heterocycles. The molecule has 0 atom stereocenters. The van der Waals surface area contributed by atoms with Crippen molar-refractivity contribution in [1.82, 2.24) is 0 Å². The molecule has 88 valence electrons. The van der Waals surface area contributed by atoms with E-state index in [1.165, 1.54) is 11.3 Å². The van der Waals surface area contributed by atoms with Gasteiger partial charge in [0.25, 0.3) is 5.91 Å². The number of ether oxygens (including phenoxy) is 1. The van der Waals surface area contributed by atoms with Crippen LogP contribution in [0.25, 0.3) is 0 Å². The van der Waals surface area contributed by atoms with Gasteiger partial charge >= 0.3 is 0 Å². The number of thiophene rings is 1. The Kier molecular flexibility index (Phi) is 3.30. The molecule has 0 unspecified atom stereocenters. The summed E-state index contributed by atoms with van der Waals surface area (Å²) in [6.07, 6.45) is 0. The van der Waals surface area contributed by atoms with Crippen LogP contribution in [0, 0.1) is 0 Å². The molecule has 5 heteroatoms. The lowest BCUT2D eigenvalue weighted by molar-refractivity contribution is 0.103. The number of methoxy groups -OCH3 is 1. The first-order chi connectivity index (χ1) is 8.20. The van der Waals surface area contributed by atoms with Crippen molar-refractivity contribution in [2.75, 3.05) is 18.2 Å². The molecule has 1 amide bonds. The molecule has 0 saturated carbocycles. The van der Waals surface area contributed by atoms with Gasteiger partial charge in [-0.2, -0.15) is 0 Å². The van der Waals surface area contributed by atoms with Crippen LogP contribution in [0.1, 0.15) is 9.67 Å². The zero-order valence-corrected chi connectivity index (χ0v) is 10.1. The highest BCUT2D eigenvalue weighted by Crippen LogP contribution is 2.23. The lowest BCUT2D eigenvalue weighted by atomic mass is 10.2. The topological polar surface area (TPSA) is 64.3 Å².